The fraction of sp³-hybridized carbons (Fsp3) is 0. The van der Waals surface area contributed by atoms with Gasteiger partial charge in [0.2, 0.25) is 0 Å². The van der Waals surface area contributed by atoms with Crippen molar-refractivity contribution in [3.63, 3.8) is 0 Å². The number of thiocarbonyl (C=S) groups is 1. The smallest absolute Gasteiger partial charge is 0.270 e. The molecule has 2 aromatic carbocycles. The predicted octanol–water partition coefficient (Wildman–Crippen LogP) is 5.91. The van der Waals surface area contributed by atoms with Crippen molar-refractivity contribution >= 4 is 63.3 Å². The normalized spacial score (nSPS) is 15.3. The molecule has 144 valence electrons. The summed E-state index contributed by atoms with van der Waals surface area (Å²) in [6, 6.07) is 16.5. The second-order valence-electron chi connectivity index (χ2n) is 5.97. The predicted molar refractivity (Wildman–Crippen MR) is 118 cm³/mol. The maximum absolute atomic E-state index is 12.8. The van der Waals surface area contributed by atoms with E-state index >= 15 is 0 Å². The van der Waals surface area contributed by atoms with E-state index in [1.807, 2.05) is 18.2 Å². The van der Waals surface area contributed by atoms with Crippen molar-refractivity contribution in [3.05, 3.63) is 86.5 Å². The van der Waals surface area contributed by atoms with E-state index in [1.165, 1.54) is 29.2 Å². The monoisotopic (exact) mass is 442 g/mol. The summed E-state index contributed by atoms with van der Waals surface area (Å²) in [7, 11) is 0. The number of hydrogen-bond acceptors (Lipinski definition) is 6. The number of nitro benzene ring substituents is 1. The highest BCUT2D eigenvalue weighted by atomic mass is 35.5. The van der Waals surface area contributed by atoms with Crippen LogP contribution < -0.4 is 4.90 Å². The van der Waals surface area contributed by atoms with Crippen molar-refractivity contribution in [2.45, 2.75) is 0 Å². The molecule has 3 aromatic rings. The topological polar surface area (TPSA) is 76.6 Å². The van der Waals surface area contributed by atoms with Gasteiger partial charge in [0.25, 0.3) is 11.6 Å². The van der Waals surface area contributed by atoms with Crippen molar-refractivity contribution in [1.82, 2.24) is 0 Å². The molecule has 0 N–H and O–H groups in total. The van der Waals surface area contributed by atoms with Gasteiger partial charge >= 0.3 is 0 Å². The molecule has 0 atom stereocenters. The Morgan fingerprint density at radius 2 is 1.83 bits per heavy atom. The molecule has 1 fully saturated rings. The van der Waals surface area contributed by atoms with Crippen molar-refractivity contribution in [3.8, 4) is 11.3 Å². The average Bonchev–Trinajstić information content (AvgIpc) is 3.27. The highest BCUT2D eigenvalue weighted by molar-refractivity contribution is 8.27. The van der Waals surface area contributed by atoms with Crippen molar-refractivity contribution in [1.29, 1.82) is 0 Å². The van der Waals surface area contributed by atoms with E-state index in [0.29, 0.717) is 31.5 Å². The first kappa shape index (κ1) is 19.4. The lowest BCUT2D eigenvalue weighted by molar-refractivity contribution is -0.384. The van der Waals surface area contributed by atoms with E-state index < -0.39 is 4.92 Å². The first-order valence-corrected chi connectivity index (χ1v) is 9.91. The molecule has 1 saturated heterocycles. The standard InChI is InChI=1S/C20H11ClN2O4S2/c21-16-4-2-1-3-15(16)17-10-9-14(27-17)11-18-19(24)22(20(28)29-18)12-5-7-13(8-6-12)23(25)26/h1-11H/b18-11+. The summed E-state index contributed by atoms with van der Waals surface area (Å²) in [6.45, 7) is 0. The number of furan rings is 1. The molecule has 6 nitrogen and oxygen atoms in total. The number of nitrogens with zero attached hydrogens (tertiary/aromatic N) is 2. The lowest BCUT2D eigenvalue weighted by Crippen LogP contribution is -2.27. The van der Waals surface area contributed by atoms with E-state index in [4.69, 9.17) is 28.2 Å². The van der Waals surface area contributed by atoms with Gasteiger partial charge in [0.15, 0.2) is 4.32 Å². The number of rotatable bonds is 4. The zero-order valence-corrected chi connectivity index (χ0v) is 17.0. The molecule has 1 amide bonds. The molecule has 0 aliphatic carbocycles. The van der Waals surface area contributed by atoms with Crippen LogP contribution in [0.1, 0.15) is 5.76 Å². The van der Waals surface area contributed by atoms with Crippen molar-refractivity contribution in [2.24, 2.45) is 0 Å². The van der Waals surface area contributed by atoms with Gasteiger partial charge in [-0.05, 0) is 36.4 Å². The Bertz CT molecular complexity index is 1170. The fourth-order valence-electron chi connectivity index (χ4n) is 2.78. The van der Waals surface area contributed by atoms with Gasteiger partial charge in [-0.25, -0.2) is 0 Å². The number of halogens is 1. The van der Waals surface area contributed by atoms with Gasteiger partial charge in [0.05, 0.1) is 20.5 Å². The second kappa shape index (κ2) is 7.82. The Balaban J connectivity index is 1.60. The number of nitro groups is 1. The number of non-ortho nitro benzene ring substituents is 1. The van der Waals surface area contributed by atoms with Crippen LogP contribution in [-0.2, 0) is 4.79 Å². The summed E-state index contributed by atoms with van der Waals surface area (Å²) in [4.78, 5) is 24.9. The summed E-state index contributed by atoms with van der Waals surface area (Å²) in [6.07, 6.45) is 1.62. The van der Waals surface area contributed by atoms with Crippen LogP contribution in [0.2, 0.25) is 5.02 Å². The lowest BCUT2D eigenvalue weighted by atomic mass is 10.2. The van der Waals surface area contributed by atoms with Crippen molar-refractivity contribution < 1.29 is 14.1 Å². The maximum Gasteiger partial charge on any atom is 0.270 e. The van der Waals surface area contributed by atoms with Crippen LogP contribution in [0.5, 0.6) is 0 Å². The van der Waals surface area contributed by atoms with Crippen molar-refractivity contribution in [2.75, 3.05) is 4.90 Å². The number of anilines is 1. The maximum atomic E-state index is 12.8. The summed E-state index contributed by atoms with van der Waals surface area (Å²) in [5.74, 6) is 0.765. The molecule has 4 rings (SSSR count). The van der Waals surface area contributed by atoms with Crippen LogP contribution in [0.15, 0.2) is 70.0 Å². The molecule has 29 heavy (non-hydrogen) atoms. The van der Waals surface area contributed by atoms with Crippen LogP contribution in [0.3, 0.4) is 0 Å². The second-order valence-corrected chi connectivity index (χ2v) is 8.06. The van der Waals surface area contributed by atoms with E-state index in [9.17, 15) is 14.9 Å². The third-order valence-corrected chi connectivity index (χ3v) is 5.78. The van der Waals surface area contributed by atoms with Gasteiger partial charge in [-0.15, -0.1) is 0 Å². The molecule has 0 radical (unpaired) electrons. The largest absolute Gasteiger partial charge is 0.457 e. The lowest BCUT2D eigenvalue weighted by Gasteiger charge is -2.13. The fourth-order valence-corrected chi connectivity index (χ4v) is 4.29. The van der Waals surface area contributed by atoms with Gasteiger partial charge < -0.3 is 4.42 Å². The molecule has 1 aliphatic heterocycles. The molecule has 0 spiro atoms. The molecule has 0 saturated carbocycles. The molecule has 2 heterocycles. The minimum Gasteiger partial charge on any atom is -0.457 e. The summed E-state index contributed by atoms with van der Waals surface area (Å²) < 4.78 is 6.16. The van der Waals surface area contributed by atoms with E-state index in [0.717, 1.165) is 17.3 Å². The van der Waals surface area contributed by atoms with Gasteiger partial charge in [-0.3, -0.25) is 19.8 Å². The Morgan fingerprint density at radius 3 is 2.52 bits per heavy atom. The molecule has 9 heteroatoms. The molecule has 0 bridgehead atoms. The van der Waals surface area contributed by atoms with Crippen LogP contribution in [0.25, 0.3) is 17.4 Å². The van der Waals surface area contributed by atoms with Gasteiger partial charge in [0, 0.05) is 23.8 Å². The van der Waals surface area contributed by atoms with Crippen LogP contribution >= 0.6 is 35.6 Å². The first-order valence-electron chi connectivity index (χ1n) is 8.31. The molecular formula is C20H11ClN2O4S2. The minimum absolute atomic E-state index is 0.0579. The number of amides is 1. The average molecular weight is 443 g/mol. The van der Waals surface area contributed by atoms with E-state index in [1.54, 1.807) is 24.3 Å². The first-order chi connectivity index (χ1) is 13.9. The van der Waals surface area contributed by atoms with Gasteiger partial charge in [0.1, 0.15) is 11.5 Å². The highest BCUT2D eigenvalue weighted by Gasteiger charge is 2.33. The molecule has 1 aromatic heterocycles. The number of carbonyl (C=O) groups excluding carboxylic acids is 1. The summed E-state index contributed by atoms with van der Waals surface area (Å²) in [5.41, 5.74) is 1.17. The number of carbonyl (C=O) groups is 1. The quantitative estimate of drug-likeness (QED) is 0.216. The van der Waals surface area contributed by atoms with E-state index in [2.05, 4.69) is 0 Å². The van der Waals surface area contributed by atoms with Gasteiger partial charge in [-0.2, -0.15) is 0 Å². The SMILES string of the molecule is O=C1/C(=C\c2ccc(-c3ccccc3Cl)o2)SC(=S)N1c1ccc([N+](=O)[O-])cc1. The minimum atomic E-state index is -0.499. The Labute approximate surface area is 179 Å². The van der Waals surface area contributed by atoms with Crippen LogP contribution in [-0.4, -0.2) is 15.2 Å². The Kier molecular flexibility index (Phi) is 5.23. The Morgan fingerprint density at radius 1 is 1.10 bits per heavy atom. The van der Waals surface area contributed by atoms with E-state index in [-0.39, 0.29) is 11.6 Å². The summed E-state index contributed by atoms with van der Waals surface area (Å²) in [5, 5.41) is 11.4. The van der Waals surface area contributed by atoms with Crippen LogP contribution in [0.4, 0.5) is 11.4 Å². The third-order valence-electron chi connectivity index (χ3n) is 4.15. The number of hydrogen-bond donors (Lipinski definition) is 0. The summed E-state index contributed by atoms with van der Waals surface area (Å²) >= 11 is 12.7. The molecular weight excluding hydrogens is 432 g/mol. The molecule has 0 unspecified atom stereocenters. The number of thioether (sulfide) groups is 1. The van der Waals surface area contributed by atoms with Crippen LogP contribution in [0, 0.1) is 10.1 Å². The Hall–Kier alpha value is -2.94. The number of benzene rings is 2. The molecule has 1 aliphatic rings. The zero-order valence-electron chi connectivity index (χ0n) is 14.6. The van der Waals surface area contributed by atoms with Gasteiger partial charge in [-0.1, -0.05) is 47.7 Å². The highest BCUT2D eigenvalue weighted by Crippen LogP contribution is 2.37. The third kappa shape index (κ3) is 3.82. The zero-order chi connectivity index (χ0) is 20.5.